The highest BCUT2D eigenvalue weighted by molar-refractivity contribution is 5.98. The molecule has 6 heteroatoms. The minimum absolute atomic E-state index is 0.323. The second-order valence-corrected chi connectivity index (χ2v) is 4.07. The monoisotopic (exact) mass is 274 g/mol. The highest BCUT2D eigenvalue weighted by atomic mass is 16.5. The van der Waals surface area contributed by atoms with E-state index in [4.69, 9.17) is 9.47 Å². The summed E-state index contributed by atoms with van der Waals surface area (Å²) in [7, 11) is 2.58. The molecule has 0 saturated carbocycles. The van der Waals surface area contributed by atoms with Gasteiger partial charge in [0, 0.05) is 24.8 Å². The third kappa shape index (κ3) is 2.54. The minimum atomic E-state index is -0.565. The fourth-order valence-corrected chi connectivity index (χ4v) is 2.05. The lowest BCUT2D eigenvalue weighted by atomic mass is 9.84. The number of dihydropyridines is 1. The van der Waals surface area contributed by atoms with Crippen molar-refractivity contribution >= 4 is 11.9 Å². The molecule has 20 heavy (non-hydrogen) atoms. The Bertz CT molecular complexity index is 546. The molecule has 1 aliphatic rings. The minimum Gasteiger partial charge on any atom is -0.466 e. The largest absolute Gasteiger partial charge is 0.466 e. The summed E-state index contributed by atoms with van der Waals surface area (Å²) in [6, 6.07) is 3.53. The van der Waals surface area contributed by atoms with E-state index in [0.29, 0.717) is 16.7 Å². The van der Waals surface area contributed by atoms with Crippen molar-refractivity contribution in [1.82, 2.24) is 10.3 Å². The Morgan fingerprint density at radius 2 is 1.75 bits per heavy atom. The first kappa shape index (κ1) is 13.8. The van der Waals surface area contributed by atoms with Crippen LogP contribution in [0.15, 0.2) is 48.1 Å². The van der Waals surface area contributed by atoms with E-state index >= 15 is 0 Å². The van der Waals surface area contributed by atoms with E-state index in [9.17, 15) is 9.59 Å². The third-order valence-electron chi connectivity index (χ3n) is 2.96. The number of carbonyl (C=O) groups excluding carboxylic acids is 2. The first-order chi connectivity index (χ1) is 9.69. The van der Waals surface area contributed by atoms with Crippen molar-refractivity contribution in [3.63, 3.8) is 0 Å². The molecule has 6 nitrogen and oxygen atoms in total. The summed E-state index contributed by atoms with van der Waals surface area (Å²) in [5.74, 6) is -1.59. The maximum atomic E-state index is 11.9. The van der Waals surface area contributed by atoms with Crippen LogP contribution >= 0.6 is 0 Å². The fraction of sp³-hybridized carbons (Fsp3) is 0.214. The van der Waals surface area contributed by atoms with Crippen molar-refractivity contribution < 1.29 is 19.1 Å². The molecule has 0 fully saturated rings. The lowest BCUT2D eigenvalue weighted by molar-refractivity contribution is -0.137. The SMILES string of the molecule is COC(=O)C1=CNC=C(C(=O)OC)C1c1cccnc1. The summed E-state index contributed by atoms with van der Waals surface area (Å²) in [6.07, 6.45) is 6.24. The van der Waals surface area contributed by atoms with Crippen LogP contribution in [0.25, 0.3) is 0 Å². The van der Waals surface area contributed by atoms with Crippen molar-refractivity contribution in [3.8, 4) is 0 Å². The van der Waals surface area contributed by atoms with E-state index in [2.05, 4.69) is 10.3 Å². The van der Waals surface area contributed by atoms with Gasteiger partial charge in [-0.15, -0.1) is 0 Å². The Morgan fingerprint density at radius 1 is 1.15 bits per heavy atom. The first-order valence-corrected chi connectivity index (χ1v) is 5.91. The van der Waals surface area contributed by atoms with E-state index in [1.807, 2.05) is 0 Å². The average Bonchev–Trinajstić information content (AvgIpc) is 2.53. The maximum absolute atomic E-state index is 11.9. The molecule has 0 aromatic carbocycles. The number of hydrogen-bond acceptors (Lipinski definition) is 6. The van der Waals surface area contributed by atoms with Gasteiger partial charge in [0.2, 0.25) is 0 Å². The van der Waals surface area contributed by atoms with Crippen LogP contribution in [0.2, 0.25) is 0 Å². The molecule has 0 unspecified atom stereocenters. The number of rotatable bonds is 3. The second-order valence-electron chi connectivity index (χ2n) is 4.07. The van der Waals surface area contributed by atoms with Gasteiger partial charge in [0.1, 0.15) is 0 Å². The van der Waals surface area contributed by atoms with Crippen molar-refractivity contribution in [2.75, 3.05) is 14.2 Å². The third-order valence-corrected chi connectivity index (χ3v) is 2.96. The Kier molecular flexibility index (Phi) is 4.14. The molecule has 0 spiro atoms. The molecule has 2 rings (SSSR count). The number of carbonyl (C=O) groups is 2. The molecule has 0 atom stereocenters. The molecule has 2 heterocycles. The van der Waals surface area contributed by atoms with Crippen molar-refractivity contribution in [3.05, 3.63) is 53.6 Å². The molecular weight excluding hydrogens is 260 g/mol. The van der Waals surface area contributed by atoms with E-state index < -0.39 is 17.9 Å². The van der Waals surface area contributed by atoms with Crippen LogP contribution < -0.4 is 5.32 Å². The molecule has 1 N–H and O–H groups in total. The van der Waals surface area contributed by atoms with Crippen LogP contribution in [0.3, 0.4) is 0 Å². The summed E-state index contributed by atoms with van der Waals surface area (Å²) < 4.78 is 9.51. The Labute approximate surface area is 116 Å². The Hall–Kier alpha value is -2.63. The molecule has 0 bridgehead atoms. The average molecular weight is 274 g/mol. The summed E-state index contributed by atoms with van der Waals surface area (Å²) in [6.45, 7) is 0. The molecule has 0 radical (unpaired) electrons. The fourth-order valence-electron chi connectivity index (χ4n) is 2.05. The standard InChI is InChI=1S/C14H14N2O4/c1-19-13(17)10-7-16-8-11(14(18)20-2)12(10)9-4-3-5-15-6-9/h3-8,12,16H,1-2H3. The summed E-state index contributed by atoms with van der Waals surface area (Å²) in [5.41, 5.74) is 1.36. The van der Waals surface area contributed by atoms with Gasteiger partial charge < -0.3 is 14.8 Å². The number of pyridine rings is 1. The van der Waals surface area contributed by atoms with Gasteiger partial charge in [0.15, 0.2) is 0 Å². The molecule has 1 aromatic rings. The molecule has 0 amide bonds. The van der Waals surface area contributed by atoms with Gasteiger partial charge in [0.25, 0.3) is 0 Å². The smallest absolute Gasteiger partial charge is 0.336 e. The molecular formula is C14H14N2O4. The first-order valence-electron chi connectivity index (χ1n) is 5.91. The number of methoxy groups -OCH3 is 2. The van der Waals surface area contributed by atoms with Crippen LogP contribution in [0.5, 0.6) is 0 Å². The highest BCUT2D eigenvalue weighted by Gasteiger charge is 2.33. The van der Waals surface area contributed by atoms with Crippen LogP contribution in [-0.4, -0.2) is 31.1 Å². The molecule has 0 aliphatic carbocycles. The molecule has 1 aliphatic heterocycles. The van der Waals surface area contributed by atoms with Gasteiger partial charge in [0.05, 0.1) is 31.3 Å². The second kappa shape index (κ2) is 6.01. The van der Waals surface area contributed by atoms with Crippen molar-refractivity contribution in [1.29, 1.82) is 0 Å². The predicted molar refractivity (Wildman–Crippen MR) is 70.3 cm³/mol. The topological polar surface area (TPSA) is 77.5 Å². The number of esters is 2. The number of nitrogens with one attached hydrogen (secondary N) is 1. The van der Waals surface area contributed by atoms with Crippen LogP contribution in [0, 0.1) is 0 Å². The van der Waals surface area contributed by atoms with Gasteiger partial charge in [-0.05, 0) is 11.6 Å². The van der Waals surface area contributed by atoms with Gasteiger partial charge in [-0.25, -0.2) is 9.59 Å². The van der Waals surface area contributed by atoms with Gasteiger partial charge >= 0.3 is 11.9 Å². The lowest BCUT2D eigenvalue weighted by Crippen LogP contribution is -2.26. The lowest BCUT2D eigenvalue weighted by Gasteiger charge is -2.24. The predicted octanol–water partition coefficient (Wildman–Crippen LogP) is 0.882. The zero-order chi connectivity index (χ0) is 14.5. The summed E-state index contributed by atoms with van der Waals surface area (Å²) in [5, 5.41) is 2.77. The van der Waals surface area contributed by atoms with Crippen LogP contribution in [0.4, 0.5) is 0 Å². The summed E-state index contributed by atoms with van der Waals surface area (Å²) >= 11 is 0. The van der Waals surface area contributed by atoms with Gasteiger partial charge in [-0.2, -0.15) is 0 Å². The quantitative estimate of drug-likeness (QED) is 0.824. The van der Waals surface area contributed by atoms with Crippen LogP contribution in [0.1, 0.15) is 11.5 Å². The van der Waals surface area contributed by atoms with Crippen molar-refractivity contribution in [2.24, 2.45) is 0 Å². The van der Waals surface area contributed by atoms with Crippen molar-refractivity contribution in [2.45, 2.75) is 5.92 Å². The molecule has 104 valence electrons. The normalized spacial score (nSPS) is 14.7. The molecule has 1 aromatic heterocycles. The van der Waals surface area contributed by atoms with Gasteiger partial charge in [-0.3, -0.25) is 4.98 Å². The number of aromatic nitrogens is 1. The van der Waals surface area contributed by atoms with E-state index in [-0.39, 0.29) is 0 Å². The number of ether oxygens (including phenoxy) is 2. The Balaban J connectivity index is 2.48. The zero-order valence-corrected chi connectivity index (χ0v) is 11.1. The van der Waals surface area contributed by atoms with Gasteiger partial charge in [-0.1, -0.05) is 6.07 Å². The summed E-state index contributed by atoms with van der Waals surface area (Å²) in [4.78, 5) is 27.8. The van der Waals surface area contributed by atoms with Crippen LogP contribution in [-0.2, 0) is 19.1 Å². The van der Waals surface area contributed by atoms with E-state index in [1.165, 1.54) is 26.6 Å². The molecule has 0 saturated heterocycles. The van der Waals surface area contributed by atoms with E-state index in [1.54, 1.807) is 24.5 Å². The highest BCUT2D eigenvalue weighted by Crippen LogP contribution is 2.34. The van der Waals surface area contributed by atoms with E-state index in [0.717, 1.165) is 0 Å². The number of hydrogen-bond donors (Lipinski definition) is 1. The zero-order valence-electron chi connectivity index (χ0n) is 11.1. The maximum Gasteiger partial charge on any atom is 0.336 e. The Morgan fingerprint density at radius 3 is 2.20 bits per heavy atom. The number of nitrogens with zero attached hydrogens (tertiary/aromatic N) is 1.